The number of hydrogen-bond donors (Lipinski definition) is 3. The quantitative estimate of drug-likeness (QED) is 0.792. The number of rotatable bonds is 4. The highest BCUT2D eigenvalue weighted by molar-refractivity contribution is 9.10. The third-order valence-electron chi connectivity index (χ3n) is 2.11. The van der Waals surface area contributed by atoms with Crippen LogP contribution in [0.5, 0.6) is 5.75 Å². The van der Waals surface area contributed by atoms with Crippen LogP contribution in [0.3, 0.4) is 0 Å². The maximum atomic E-state index is 13.1. The second kappa shape index (κ2) is 5.83. The topological polar surface area (TPSA) is 81.0 Å². The van der Waals surface area contributed by atoms with Crippen molar-refractivity contribution in [3.63, 3.8) is 0 Å². The van der Waals surface area contributed by atoms with Crippen LogP contribution in [0, 0.1) is 5.82 Å². The highest BCUT2D eigenvalue weighted by atomic mass is 79.9. The summed E-state index contributed by atoms with van der Waals surface area (Å²) < 4.78 is 13.2. The maximum Gasteiger partial charge on any atom is 0.407 e. The van der Waals surface area contributed by atoms with Gasteiger partial charge in [0.1, 0.15) is 11.6 Å². The van der Waals surface area contributed by atoms with E-state index in [1.807, 2.05) is 0 Å². The Balaban J connectivity index is 2.96. The maximum absolute atomic E-state index is 13.1. The van der Waals surface area contributed by atoms with E-state index in [0.717, 1.165) is 17.0 Å². The van der Waals surface area contributed by atoms with Crippen molar-refractivity contribution in [2.24, 2.45) is 0 Å². The fourth-order valence-electron chi connectivity index (χ4n) is 1.31. The molecule has 1 aromatic rings. The smallest absolute Gasteiger partial charge is 0.407 e. The molecule has 0 radical (unpaired) electrons. The summed E-state index contributed by atoms with van der Waals surface area (Å²) in [4.78, 5) is 11.7. The Morgan fingerprint density at radius 1 is 1.47 bits per heavy atom. The van der Waals surface area contributed by atoms with Crippen molar-refractivity contribution in [1.29, 1.82) is 0 Å². The van der Waals surface area contributed by atoms with Gasteiger partial charge in [0.2, 0.25) is 0 Å². The molecule has 0 unspecified atom stereocenters. The van der Waals surface area contributed by atoms with E-state index >= 15 is 0 Å². The molecule has 17 heavy (non-hydrogen) atoms. The first-order valence-electron chi connectivity index (χ1n) is 4.71. The van der Waals surface area contributed by atoms with Crippen LogP contribution >= 0.6 is 15.9 Å². The van der Waals surface area contributed by atoms with E-state index in [4.69, 9.17) is 10.2 Å². The second-order valence-electron chi connectivity index (χ2n) is 3.32. The minimum atomic E-state index is -1.25. The van der Waals surface area contributed by atoms with Crippen molar-refractivity contribution in [3.8, 4) is 5.75 Å². The minimum absolute atomic E-state index is 0.108. The van der Waals surface area contributed by atoms with Crippen LogP contribution in [-0.2, 0) is 6.54 Å². The lowest BCUT2D eigenvalue weighted by Crippen LogP contribution is -2.31. The van der Waals surface area contributed by atoms with Gasteiger partial charge in [0, 0.05) is 12.1 Å². The predicted octanol–water partition coefficient (Wildman–Crippen LogP) is 1.77. The zero-order valence-corrected chi connectivity index (χ0v) is 10.3. The van der Waals surface area contributed by atoms with Crippen LogP contribution < -0.4 is 0 Å². The van der Waals surface area contributed by atoms with Gasteiger partial charge in [-0.1, -0.05) is 0 Å². The zero-order valence-electron chi connectivity index (χ0n) is 8.73. The molecular formula is C10H11BrFNO4. The number of carboxylic acid groups (broad SMARTS) is 1. The lowest BCUT2D eigenvalue weighted by Gasteiger charge is -2.18. The molecule has 0 atom stereocenters. The average molecular weight is 308 g/mol. The zero-order chi connectivity index (χ0) is 13.0. The van der Waals surface area contributed by atoms with Gasteiger partial charge in [-0.25, -0.2) is 9.18 Å². The molecule has 3 N–H and O–H groups in total. The number of phenolic OH excluding ortho intramolecular Hbond substituents is 1. The first kappa shape index (κ1) is 13.7. The van der Waals surface area contributed by atoms with Crippen LogP contribution in [0.25, 0.3) is 0 Å². The number of aliphatic hydroxyl groups excluding tert-OH is 1. The first-order chi connectivity index (χ1) is 7.95. The molecular weight excluding hydrogens is 297 g/mol. The molecule has 0 aliphatic heterocycles. The summed E-state index contributed by atoms with van der Waals surface area (Å²) in [5.41, 5.74) is 0.132. The summed E-state index contributed by atoms with van der Waals surface area (Å²) in [5.74, 6) is -0.797. The summed E-state index contributed by atoms with van der Waals surface area (Å²) in [6.07, 6.45) is -1.25. The molecule has 0 aromatic heterocycles. The third-order valence-corrected chi connectivity index (χ3v) is 2.71. The summed E-state index contributed by atoms with van der Waals surface area (Å²) in [7, 11) is 0. The van der Waals surface area contributed by atoms with Crippen molar-refractivity contribution in [2.75, 3.05) is 13.2 Å². The van der Waals surface area contributed by atoms with E-state index in [2.05, 4.69) is 15.9 Å². The van der Waals surface area contributed by atoms with Gasteiger partial charge in [-0.2, -0.15) is 0 Å². The number of halogens is 2. The van der Waals surface area contributed by atoms with Gasteiger partial charge in [-0.3, -0.25) is 0 Å². The Labute approximate surface area is 105 Å². The van der Waals surface area contributed by atoms with Gasteiger partial charge in [-0.15, -0.1) is 0 Å². The highest BCUT2D eigenvalue weighted by Crippen LogP contribution is 2.29. The number of carbonyl (C=O) groups is 1. The van der Waals surface area contributed by atoms with Crippen molar-refractivity contribution < 1.29 is 24.5 Å². The molecule has 0 aliphatic rings. The number of aromatic hydroxyl groups is 1. The van der Waals surface area contributed by atoms with Gasteiger partial charge in [0.25, 0.3) is 0 Å². The largest absolute Gasteiger partial charge is 0.506 e. The Kier molecular flexibility index (Phi) is 4.71. The summed E-state index contributed by atoms with van der Waals surface area (Å²) in [5, 5.41) is 27.1. The molecule has 5 nitrogen and oxygen atoms in total. The highest BCUT2D eigenvalue weighted by Gasteiger charge is 2.16. The molecule has 0 heterocycles. The Morgan fingerprint density at radius 2 is 2.12 bits per heavy atom. The molecule has 0 saturated heterocycles. The van der Waals surface area contributed by atoms with E-state index < -0.39 is 11.9 Å². The third kappa shape index (κ3) is 3.57. The van der Waals surface area contributed by atoms with Gasteiger partial charge in [0.15, 0.2) is 0 Å². The molecule has 1 rings (SSSR count). The van der Waals surface area contributed by atoms with Crippen LogP contribution in [0.1, 0.15) is 5.56 Å². The fraction of sp³-hybridized carbons (Fsp3) is 0.300. The van der Waals surface area contributed by atoms with Gasteiger partial charge < -0.3 is 20.2 Å². The van der Waals surface area contributed by atoms with Gasteiger partial charge >= 0.3 is 6.09 Å². The van der Waals surface area contributed by atoms with E-state index in [0.29, 0.717) is 0 Å². The molecule has 1 amide bonds. The molecule has 94 valence electrons. The minimum Gasteiger partial charge on any atom is -0.506 e. The van der Waals surface area contributed by atoms with Crippen LogP contribution in [-0.4, -0.2) is 39.5 Å². The lowest BCUT2D eigenvalue weighted by atomic mass is 10.2. The van der Waals surface area contributed by atoms with Crippen LogP contribution in [0.15, 0.2) is 16.6 Å². The second-order valence-corrected chi connectivity index (χ2v) is 4.18. The summed E-state index contributed by atoms with van der Waals surface area (Å²) in [6, 6.07) is 2.13. The van der Waals surface area contributed by atoms with Gasteiger partial charge in [0.05, 0.1) is 17.6 Å². The molecule has 7 heteroatoms. The number of nitrogens with zero attached hydrogens (tertiary/aromatic N) is 1. The van der Waals surface area contributed by atoms with Crippen LogP contribution in [0.2, 0.25) is 0 Å². The average Bonchev–Trinajstić information content (AvgIpc) is 2.24. The van der Waals surface area contributed by atoms with Crippen molar-refractivity contribution >= 4 is 22.0 Å². The molecule has 1 aromatic carbocycles. The number of phenols is 1. The summed E-state index contributed by atoms with van der Waals surface area (Å²) >= 11 is 2.96. The number of amides is 1. The first-order valence-corrected chi connectivity index (χ1v) is 5.50. The van der Waals surface area contributed by atoms with Crippen molar-refractivity contribution in [3.05, 3.63) is 28.0 Å². The predicted molar refractivity (Wildman–Crippen MR) is 61.3 cm³/mol. The molecule has 0 saturated carbocycles. The Morgan fingerprint density at radius 3 is 2.65 bits per heavy atom. The van der Waals surface area contributed by atoms with Crippen molar-refractivity contribution in [2.45, 2.75) is 6.54 Å². The summed E-state index contributed by atoms with van der Waals surface area (Å²) in [6.45, 7) is -0.648. The molecule has 0 spiro atoms. The normalized spacial score (nSPS) is 10.3. The van der Waals surface area contributed by atoms with E-state index in [1.165, 1.54) is 0 Å². The Bertz CT molecular complexity index is 427. The van der Waals surface area contributed by atoms with E-state index in [9.17, 15) is 14.3 Å². The number of aliphatic hydroxyl groups is 1. The lowest BCUT2D eigenvalue weighted by molar-refractivity contribution is 0.128. The molecule has 0 bridgehead atoms. The van der Waals surface area contributed by atoms with Crippen LogP contribution in [0.4, 0.5) is 9.18 Å². The SMILES string of the molecule is O=C(O)N(CCO)Cc1cc(F)cc(Br)c1O. The number of hydrogen-bond acceptors (Lipinski definition) is 3. The standard InChI is InChI=1S/C10H11BrFNO4/c11-8-4-7(12)3-6(9(8)15)5-13(1-2-14)10(16)17/h3-4,14-15H,1-2,5H2,(H,16,17). The molecule has 0 aliphatic carbocycles. The van der Waals surface area contributed by atoms with E-state index in [1.54, 1.807) is 0 Å². The fourth-order valence-corrected chi connectivity index (χ4v) is 1.78. The Hall–Kier alpha value is -1.34. The van der Waals surface area contributed by atoms with Gasteiger partial charge in [-0.05, 0) is 28.1 Å². The van der Waals surface area contributed by atoms with Crippen molar-refractivity contribution in [1.82, 2.24) is 4.90 Å². The molecule has 0 fully saturated rings. The van der Waals surface area contributed by atoms with E-state index in [-0.39, 0.29) is 35.5 Å². The monoisotopic (exact) mass is 307 g/mol. The number of benzene rings is 1.